The molecule has 0 bridgehead atoms. The van der Waals surface area contributed by atoms with Crippen LogP contribution in [0.1, 0.15) is 17.2 Å². The van der Waals surface area contributed by atoms with E-state index in [0.717, 1.165) is 0 Å². The molecule has 0 spiro atoms. The number of fused-ring (bicyclic) bond motifs is 1. The van der Waals surface area contributed by atoms with Crippen LogP contribution in [0.5, 0.6) is 0 Å². The minimum atomic E-state index is -0.972. The van der Waals surface area contributed by atoms with E-state index in [9.17, 15) is 14.3 Å². The molecule has 0 fully saturated rings. The highest BCUT2D eigenvalue weighted by atomic mass is 19.1. The summed E-state index contributed by atoms with van der Waals surface area (Å²) in [5.41, 5.74) is 2.02. The highest BCUT2D eigenvalue weighted by molar-refractivity contribution is 5.74. The molecule has 1 heterocycles. The molecule has 0 saturated carbocycles. The van der Waals surface area contributed by atoms with Gasteiger partial charge < -0.3 is 9.52 Å². The van der Waals surface area contributed by atoms with Gasteiger partial charge in [0.1, 0.15) is 11.9 Å². The third kappa shape index (κ3) is 2.02. The Bertz CT molecular complexity index is 834. The molecule has 1 unspecified atom stereocenters. The molecule has 0 aliphatic rings. The number of aryl methyl sites for hydroxylation is 1. The number of aliphatic hydroxyl groups excluding tert-OH is 1. The van der Waals surface area contributed by atoms with E-state index < -0.39 is 17.7 Å². The predicted molar refractivity (Wildman–Crippen MR) is 71.9 cm³/mol. The summed E-state index contributed by atoms with van der Waals surface area (Å²) in [6.45, 7) is 0. The van der Waals surface area contributed by atoms with E-state index in [-0.39, 0.29) is 0 Å². The van der Waals surface area contributed by atoms with E-state index in [4.69, 9.17) is 4.42 Å². The molecule has 1 aromatic heterocycles. The zero-order valence-electron chi connectivity index (χ0n) is 10.7. The molecule has 1 atom stereocenters. The quantitative estimate of drug-likeness (QED) is 0.779. The first kappa shape index (κ1) is 12.6. The molecule has 0 radical (unpaired) electrons. The van der Waals surface area contributed by atoms with Crippen LogP contribution >= 0.6 is 0 Å². The Morgan fingerprint density at radius 2 is 1.95 bits per heavy atom. The third-order valence-electron chi connectivity index (χ3n) is 3.30. The maximum Gasteiger partial charge on any atom is 0.419 e. The van der Waals surface area contributed by atoms with Crippen molar-refractivity contribution in [3.63, 3.8) is 0 Å². The van der Waals surface area contributed by atoms with Crippen LogP contribution in [-0.2, 0) is 7.05 Å². The summed E-state index contributed by atoms with van der Waals surface area (Å²) in [5, 5.41) is 10.3. The molecule has 102 valence electrons. The summed E-state index contributed by atoms with van der Waals surface area (Å²) in [7, 11) is 1.61. The van der Waals surface area contributed by atoms with Crippen molar-refractivity contribution in [3.8, 4) is 0 Å². The van der Waals surface area contributed by atoms with Gasteiger partial charge in [0.2, 0.25) is 0 Å². The van der Waals surface area contributed by atoms with Crippen LogP contribution in [0.25, 0.3) is 11.1 Å². The smallest absolute Gasteiger partial charge is 0.408 e. The summed E-state index contributed by atoms with van der Waals surface area (Å²) in [4.78, 5) is 11.4. The number of hydrogen-bond donors (Lipinski definition) is 1. The Balaban J connectivity index is 2.08. The molecule has 4 nitrogen and oxygen atoms in total. The molecular weight excluding hydrogens is 261 g/mol. The van der Waals surface area contributed by atoms with Gasteiger partial charge in [0.25, 0.3) is 0 Å². The van der Waals surface area contributed by atoms with E-state index in [1.165, 1.54) is 22.8 Å². The summed E-state index contributed by atoms with van der Waals surface area (Å²) in [6.07, 6.45) is -0.972. The van der Waals surface area contributed by atoms with Crippen molar-refractivity contribution in [1.82, 2.24) is 4.57 Å². The second-order valence-electron chi connectivity index (χ2n) is 4.61. The SMILES string of the molecule is Cn1c(=O)oc2cc(C(O)c3cccc(F)c3)ccc21. The normalized spacial score (nSPS) is 12.8. The van der Waals surface area contributed by atoms with Gasteiger partial charge in [0.15, 0.2) is 5.58 Å². The van der Waals surface area contributed by atoms with Gasteiger partial charge in [-0.3, -0.25) is 4.57 Å². The predicted octanol–water partition coefficient (Wildman–Crippen LogP) is 2.35. The van der Waals surface area contributed by atoms with Gasteiger partial charge in [-0.2, -0.15) is 0 Å². The molecule has 0 aliphatic heterocycles. The average molecular weight is 273 g/mol. The number of aromatic nitrogens is 1. The lowest BCUT2D eigenvalue weighted by Gasteiger charge is -2.11. The lowest BCUT2D eigenvalue weighted by molar-refractivity contribution is 0.220. The van der Waals surface area contributed by atoms with Crippen LogP contribution in [-0.4, -0.2) is 9.67 Å². The highest BCUT2D eigenvalue weighted by Crippen LogP contribution is 2.25. The number of aliphatic hydroxyl groups is 1. The maximum atomic E-state index is 13.2. The van der Waals surface area contributed by atoms with Crippen LogP contribution in [0.15, 0.2) is 51.7 Å². The van der Waals surface area contributed by atoms with Crippen LogP contribution in [0.3, 0.4) is 0 Å². The minimum Gasteiger partial charge on any atom is -0.408 e. The minimum absolute atomic E-state index is 0.394. The number of oxazole rings is 1. The Hall–Kier alpha value is -2.40. The van der Waals surface area contributed by atoms with Gasteiger partial charge in [-0.1, -0.05) is 18.2 Å². The van der Waals surface area contributed by atoms with Crippen molar-refractivity contribution >= 4 is 11.1 Å². The van der Waals surface area contributed by atoms with Crippen molar-refractivity contribution in [1.29, 1.82) is 0 Å². The van der Waals surface area contributed by atoms with Crippen LogP contribution in [0, 0.1) is 5.82 Å². The van der Waals surface area contributed by atoms with E-state index in [1.807, 2.05) is 0 Å². The van der Waals surface area contributed by atoms with Crippen LogP contribution < -0.4 is 5.76 Å². The van der Waals surface area contributed by atoms with Crippen molar-refractivity contribution in [3.05, 3.63) is 70.0 Å². The zero-order chi connectivity index (χ0) is 14.3. The fourth-order valence-electron chi connectivity index (χ4n) is 2.19. The first-order chi connectivity index (χ1) is 9.56. The Morgan fingerprint density at radius 3 is 2.70 bits per heavy atom. The second-order valence-corrected chi connectivity index (χ2v) is 4.61. The zero-order valence-corrected chi connectivity index (χ0v) is 10.7. The van der Waals surface area contributed by atoms with Crippen molar-refractivity contribution in [2.75, 3.05) is 0 Å². The number of halogens is 1. The van der Waals surface area contributed by atoms with Gasteiger partial charge in [-0.05, 0) is 35.4 Å². The third-order valence-corrected chi connectivity index (χ3v) is 3.30. The van der Waals surface area contributed by atoms with E-state index in [1.54, 1.807) is 31.3 Å². The molecule has 3 rings (SSSR count). The summed E-state index contributed by atoms with van der Waals surface area (Å²) >= 11 is 0. The van der Waals surface area contributed by atoms with Gasteiger partial charge in [-0.15, -0.1) is 0 Å². The highest BCUT2D eigenvalue weighted by Gasteiger charge is 2.14. The van der Waals surface area contributed by atoms with E-state index >= 15 is 0 Å². The van der Waals surface area contributed by atoms with Crippen molar-refractivity contribution in [2.45, 2.75) is 6.10 Å². The number of hydrogen-bond acceptors (Lipinski definition) is 3. The van der Waals surface area contributed by atoms with Gasteiger partial charge >= 0.3 is 5.76 Å². The molecule has 2 aromatic carbocycles. The molecule has 20 heavy (non-hydrogen) atoms. The topological polar surface area (TPSA) is 55.4 Å². The Labute approximate surface area is 113 Å². The van der Waals surface area contributed by atoms with Gasteiger partial charge in [-0.25, -0.2) is 9.18 Å². The monoisotopic (exact) mass is 273 g/mol. The molecule has 0 aliphatic carbocycles. The van der Waals surface area contributed by atoms with Crippen molar-refractivity contribution < 1.29 is 13.9 Å². The maximum absolute atomic E-state index is 13.2. The van der Waals surface area contributed by atoms with E-state index in [0.29, 0.717) is 22.2 Å². The summed E-state index contributed by atoms with van der Waals surface area (Å²) in [6, 6.07) is 10.7. The van der Waals surface area contributed by atoms with E-state index in [2.05, 4.69) is 0 Å². The molecule has 0 saturated heterocycles. The molecule has 1 N–H and O–H groups in total. The fourth-order valence-corrected chi connectivity index (χ4v) is 2.19. The molecule has 0 amide bonds. The Morgan fingerprint density at radius 1 is 1.20 bits per heavy atom. The second kappa shape index (κ2) is 4.61. The Kier molecular flexibility index (Phi) is 2.91. The number of benzene rings is 2. The number of rotatable bonds is 2. The molecular formula is C15H12FNO3. The molecule has 3 aromatic rings. The largest absolute Gasteiger partial charge is 0.419 e. The lowest BCUT2D eigenvalue weighted by atomic mass is 10.0. The fraction of sp³-hybridized carbons (Fsp3) is 0.133. The van der Waals surface area contributed by atoms with Crippen LogP contribution in [0.2, 0.25) is 0 Å². The first-order valence-corrected chi connectivity index (χ1v) is 6.09. The number of nitrogens with zero attached hydrogens (tertiary/aromatic N) is 1. The lowest BCUT2D eigenvalue weighted by Crippen LogP contribution is -2.08. The summed E-state index contributed by atoms with van der Waals surface area (Å²) < 4.78 is 19.6. The van der Waals surface area contributed by atoms with Crippen LogP contribution in [0.4, 0.5) is 4.39 Å². The average Bonchev–Trinajstić information content (AvgIpc) is 2.73. The standard InChI is InChI=1S/C15H12FNO3/c1-17-12-6-5-10(8-13(12)20-15(17)19)14(18)9-3-2-4-11(16)7-9/h2-8,14,18H,1H3. The summed E-state index contributed by atoms with van der Waals surface area (Å²) in [5.74, 6) is -0.869. The molecule has 5 heteroatoms. The van der Waals surface area contributed by atoms with Gasteiger partial charge in [0.05, 0.1) is 5.52 Å². The first-order valence-electron chi connectivity index (χ1n) is 6.09. The van der Waals surface area contributed by atoms with Crippen molar-refractivity contribution in [2.24, 2.45) is 7.05 Å². The van der Waals surface area contributed by atoms with Gasteiger partial charge in [0, 0.05) is 7.05 Å².